The third kappa shape index (κ3) is 2.69. The largest absolute Gasteiger partial charge is 0.496 e. The summed E-state index contributed by atoms with van der Waals surface area (Å²) in [4.78, 5) is 24.0. The van der Waals surface area contributed by atoms with E-state index in [2.05, 4.69) is 4.74 Å². The van der Waals surface area contributed by atoms with E-state index in [0.29, 0.717) is 16.9 Å². The molecule has 0 amide bonds. The van der Waals surface area contributed by atoms with Crippen LogP contribution < -0.4 is 4.74 Å². The van der Waals surface area contributed by atoms with Gasteiger partial charge in [0.2, 0.25) is 0 Å². The van der Waals surface area contributed by atoms with Crippen LogP contribution in [0.3, 0.4) is 0 Å². The van der Waals surface area contributed by atoms with Crippen molar-refractivity contribution in [3.63, 3.8) is 0 Å². The van der Waals surface area contributed by atoms with Gasteiger partial charge in [0.15, 0.2) is 5.78 Å². The van der Waals surface area contributed by atoms with Gasteiger partial charge in [-0.2, -0.15) is 0 Å². The lowest BCUT2D eigenvalue weighted by Gasteiger charge is -2.08. The van der Waals surface area contributed by atoms with Gasteiger partial charge in [-0.3, -0.25) is 4.79 Å². The van der Waals surface area contributed by atoms with E-state index in [1.807, 2.05) is 6.07 Å². The minimum Gasteiger partial charge on any atom is -0.496 e. The molecule has 2 aromatic carbocycles. The highest BCUT2D eigenvalue weighted by molar-refractivity contribution is 6.10. The van der Waals surface area contributed by atoms with E-state index < -0.39 is 5.97 Å². The molecule has 0 fully saturated rings. The smallest absolute Gasteiger partial charge is 0.341 e. The van der Waals surface area contributed by atoms with E-state index in [-0.39, 0.29) is 11.3 Å². The molecule has 0 spiro atoms. The van der Waals surface area contributed by atoms with Gasteiger partial charge in [-0.25, -0.2) is 4.79 Å². The summed E-state index contributed by atoms with van der Waals surface area (Å²) in [6.45, 7) is 0. The molecule has 0 heterocycles. The van der Waals surface area contributed by atoms with Crippen LogP contribution in [-0.4, -0.2) is 26.0 Å². The van der Waals surface area contributed by atoms with Crippen LogP contribution in [0.15, 0.2) is 48.5 Å². The van der Waals surface area contributed by atoms with Crippen molar-refractivity contribution < 1.29 is 19.1 Å². The number of ketones is 1. The second kappa shape index (κ2) is 6.02. The summed E-state index contributed by atoms with van der Waals surface area (Å²) in [7, 11) is 2.74. The zero-order valence-corrected chi connectivity index (χ0v) is 11.3. The Hall–Kier alpha value is -2.62. The second-order valence-corrected chi connectivity index (χ2v) is 4.10. The van der Waals surface area contributed by atoms with Crippen molar-refractivity contribution in [2.24, 2.45) is 0 Å². The van der Waals surface area contributed by atoms with Gasteiger partial charge in [0.1, 0.15) is 11.3 Å². The standard InChI is InChI=1S/C16H14O4/c1-19-14-9-8-12(10-13(14)16(18)20-2)15(17)11-6-4-3-5-7-11/h3-10H,1-2H3. The van der Waals surface area contributed by atoms with Crippen LogP contribution >= 0.6 is 0 Å². The molecule has 0 bridgehead atoms. The van der Waals surface area contributed by atoms with Gasteiger partial charge in [-0.05, 0) is 18.2 Å². The number of carbonyl (C=O) groups is 2. The molecular formula is C16H14O4. The highest BCUT2D eigenvalue weighted by Crippen LogP contribution is 2.22. The number of hydrogen-bond acceptors (Lipinski definition) is 4. The lowest BCUT2D eigenvalue weighted by atomic mass is 10.0. The first-order valence-electron chi connectivity index (χ1n) is 6.03. The summed E-state index contributed by atoms with van der Waals surface area (Å²) in [5.41, 5.74) is 1.21. The monoisotopic (exact) mass is 270 g/mol. The summed E-state index contributed by atoms with van der Waals surface area (Å²) >= 11 is 0. The van der Waals surface area contributed by atoms with Crippen molar-refractivity contribution in [3.05, 3.63) is 65.2 Å². The zero-order chi connectivity index (χ0) is 14.5. The van der Waals surface area contributed by atoms with Crippen LogP contribution in [0.1, 0.15) is 26.3 Å². The maximum Gasteiger partial charge on any atom is 0.341 e. The molecule has 4 heteroatoms. The second-order valence-electron chi connectivity index (χ2n) is 4.10. The topological polar surface area (TPSA) is 52.6 Å². The minimum absolute atomic E-state index is 0.154. The Morgan fingerprint density at radius 3 is 2.20 bits per heavy atom. The van der Waals surface area contributed by atoms with Crippen molar-refractivity contribution in [2.45, 2.75) is 0 Å². The Bertz CT molecular complexity index is 632. The molecule has 0 unspecified atom stereocenters. The SMILES string of the molecule is COC(=O)c1cc(C(=O)c2ccccc2)ccc1OC. The van der Waals surface area contributed by atoms with Crippen LogP contribution in [0, 0.1) is 0 Å². The van der Waals surface area contributed by atoms with Crippen LogP contribution in [0.2, 0.25) is 0 Å². The normalized spacial score (nSPS) is 9.90. The van der Waals surface area contributed by atoms with E-state index in [4.69, 9.17) is 4.74 Å². The van der Waals surface area contributed by atoms with Crippen molar-refractivity contribution in [1.82, 2.24) is 0 Å². The molecule has 0 aliphatic rings. The average Bonchev–Trinajstić information content (AvgIpc) is 2.53. The molecule has 4 nitrogen and oxygen atoms in total. The molecule has 20 heavy (non-hydrogen) atoms. The van der Waals surface area contributed by atoms with Gasteiger partial charge >= 0.3 is 5.97 Å². The predicted octanol–water partition coefficient (Wildman–Crippen LogP) is 2.71. The van der Waals surface area contributed by atoms with Gasteiger partial charge < -0.3 is 9.47 Å². The number of esters is 1. The first-order chi connectivity index (χ1) is 9.67. The molecule has 0 saturated heterocycles. The predicted molar refractivity (Wildman–Crippen MR) is 74.2 cm³/mol. The van der Waals surface area contributed by atoms with Gasteiger partial charge in [-0.15, -0.1) is 0 Å². The Balaban J connectivity index is 2.43. The highest BCUT2D eigenvalue weighted by atomic mass is 16.5. The van der Waals surface area contributed by atoms with Crippen molar-refractivity contribution in [2.75, 3.05) is 14.2 Å². The third-order valence-electron chi connectivity index (χ3n) is 2.90. The molecule has 0 saturated carbocycles. The van der Waals surface area contributed by atoms with Crippen LogP contribution in [0.25, 0.3) is 0 Å². The van der Waals surface area contributed by atoms with E-state index in [0.717, 1.165) is 0 Å². The molecule has 2 rings (SSSR count). The lowest BCUT2D eigenvalue weighted by molar-refractivity contribution is 0.0597. The first-order valence-corrected chi connectivity index (χ1v) is 6.03. The van der Waals surface area contributed by atoms with Crippen LogP contribution in [0.5, 0.6) is 5.75 Å². The Morgan fingerprint density at radius 1 is 0.900 bits per heavy atom. The fourth-order valence-corrected chi connectivity index (χ4v) is 1.87. The molecule has 0 aromatic heterocycles. The van der Waals surface area contributed by atoms with Crippen LogP contribution in [-0.2, 0) is 4.74 Å². The van der Waals surface area contributed by atoms with E-state index in [9.17, 15) is 9.59 Å². The Kier molecular flexibility index (Phi) is 4.15. The van der Waals surface area contributed by atoms with Gasteiger partial charge in [0.05, 0.1) is 14.2 Å². The fraction of sp³-hybridized carbons (Fsp3) is 0.125. The van der Waals surface area contributed by atoms with Crippen molar-refractivity contribution in [3.8, 4) is 5.75 Å². The molecule has 102 valence electrons. The minimum atomic E-state index is -0.537. The van der Waals surface area contributed by atoms with E-state index in [1.165, 1.54) is 20.3 Å². The molecule has 2 aromatic rings. The molecule has 0 aliphatic carbocycles. The Morgan fingerprint density at radius 2 is 1.60 bits per heavy atom. The number of benzene rings is 2. The molecular weight excluding hydrogens is 256 g/mol. The van der Waals surface area contributed by atoms with Crippen LogP contribution in [0.4, 0.5) is 0 Å². The summed E-state index contributed by atoms with van der Waals surface area (Å²) in [5, 5.41) is 0. The summed E-state index contributed by atoms with van der Waals surface area (Å²) < 4.78 is 9.79. The maximum atomic E-state index is 12.3. The quantitative estimate of drug-likeness (QED) is 0.633. The van der Waals surface area contributed by atoms with Crippen molar-refractivity contribution in [1.29, 1.82) is 0 Å². The highest BCUT2D eigenvalue weighted by Gasteiger charge is 2.17. The summed E-state index contributed by atoms with van der Waals surface area (Å²) in [6.07, 6.45) is 0. The van der Waals surface area contributed by atoms with E-state index in [1.54, 1.807) is 36.4 Å². The molecule has 0 N–H and O–H groups in total. The maximum absolute atomic E-state index is 12.3. The number of ether oxygens (including phenoxy) is 2. The van der Waals surface area contributed by atoms with Crippen molar-refractivity contribution >= 4 is 11.8 Å². The lowest BCUT2D eigenvalue weighted by Crippen LogP contribution is -2.08. The number of hydrogen-bond donors (Lipinski definition) is 0. The van der Waals surface area contributed by atoms with Gasteiger partial charge in [-0.1, -0.05) is 30.3 Å². The molecule has 0 radical (unpaired) electrons. The van der Waals surface area contributed by atoms with Gasteiger partial charge in [0, 0.05) is 11.1 Å². The number of rotatable bonds is 4. The zero-order valence-electron chi connectivity index (χ0n) is 11.3. The van der Waals surface area contributed by atoms with E-state index >= 15 is 0 Å². The number of carbonyl (C=O) groups excluding carboxylic acids is 2. The van der Waals surface area contributed by atoms with Gasteiger partial charge in [0.25, 0.3) is 0 Å². The third-order valence-corrected chi connectivity index (χ3v) is 2.90. The molecule has 0 atom stereocenters. The summed E-state index contributed by atoms with van der Waals surface area (Å²) in [6, 6.07) is 13.6. The molecule has 0 aliphatic heterocycles. The number of methoxy groups -OCH3 is 2. The average molecular weight is 270 g/mol. The fourth-order valence-electron chi connectivity index (χ4n) is 1.87. The summed E-state index contributed by atoms with van der Waals surface area (Å²) in [5.74, 6) is -0.315. The first kappa shape index (κ1) is 13.8. The Labute approximate surface area is 116 Å².